The number of amides is 1. The van der Waals surface area contributed by atoms with Crippen molar-refractivity contribution in [1.82, 2.24) is 15.1 Å². The predicted octanol–water partition coefficient (Wildman–Crippen LogP) is 1.71. The van der Waals surface area contributed by atoms with Crippen LogP contribution in [0.5, 0.6) is 0 Å². The van der Waals surface area contributed by atoms with Crippen LogP contribution < -0.4 is 4.90 Å². The fraction of sp³-hybridized carbons (Fsp3) is 0.500. The summed E-state index contributed by atoms with van der Waals surface area (Å²) in [4.78, 5) is 16.3. The van der Waals surface area contributed by atoms with E-state index in [2.05, 4.69) is 10.2 Å². The van der Waals surface area contributed by atoms with E-state index in [-0.39, 0.29) is 28.9 Å². The molecule has 3 rings (SSSR count). The number of piperazine rings is 1. The van der Waals surface area contributed by atoms with Gasteiger partial charge in [-0.2, -0.15) is 0 Å². The predicted molar refractivity (Wildman–Crippen MR) is 100 cm³/mol. The summed E-state index contributed by atoms with van der Waals surface area (Å²) in [5.41, 5.74) is 0. The molecule has 1 aliphatic rings. The van der Waals surface area contributed by atoms with Crippen molar-refractivity contribution in [3.05, 3.63) is 36.2 Å². The van der Waals surface area contributed by atoms with Crippen LogP contribution in [0.4, 0.5) is 6.01 Å². The van der Waals surface area contributed by atoms with Crippen molar-refractivity contribution in [3.63, 3.8) is 0 Å². The van der Waals surface area contributed by atoms with Crippen molar-refractivity contribution in [2.75, 3.05) is 36.8 Å². The van der Waals surface area contributed by atoms with Gasteiger partial charge in [0, 0.05) is 38.5 Å². The Hall–Kier alpha value is -2.42. The van der Waals surface area contributed by atoms with E-state index in [1.165, 1.54) is 0 Å². The minimum atomic E-state index is -3.44. The lowest BCUT2D eigenvalue weighted by atomic mass is 10.2. The van der Waals surface area contributed by atoms with E-state index in [0.717, 1.165) is 0 Å². The Bertz CT molecular complexity index is 872. The molecule has 2 heterocycles. The van der Waals surface area contributed by atoms with Gasteiger partial charge >= 0.3 is 6.01 Å². The van der Waals surface area contributed by atoms with Crippen LogP contribution in [-0.2, 0) is 14.6 Å². The van der Waals surface area contributed by atoms with E-state index < -0.39 is 9.84 Å². The molecule has 9 heteroatoms. The minimum Gasteiger partial charge on any atom is -0.408 e. The summed E-state index contributed by atoms with van der Waals surface area (Å²) in [6, 6.07) is 8.68. The third kappa shape index (κ3) is 4.65. The second-order valence-corrected chi connectivity index (χ2v) is 8.94. The molecule has 1 aliphatic heterocycles. The van der Waals surface area contributed by atoms with Gasteiger partial charge < -0.3 is 14.2 Å². The summed E-state index contributed by atoms with van der Waals surface area (Å²) in [6.07, 6.45) is -0.0186. The monoisotopic (exact) mass is 392 g/mol. The lowest BCUT2D eigenvalue weighted by molar-refractivity contribution is -0.131. The molecule has 0 saturated carbocycles. The molecular formula is C18H24N4O4S. The molecule has 0 spiro atoms. The fourth-order valence-electron chi connectivity index (χ4n) is 2.86. The van der Waals surface area contributed by atoms with Crippen LogP contribution in [0.25, 0.3) is 0 Å². The van der Waals surface area contributed by atoms with Crippen LogP contribution in [-0.4, -0.2) is 61.4 Å². The molecule has 1 aromatic heterocycles. The molecule has 0 N–H and O–H groups in total. The highest BCUT2D eigenvalue weighted by atomic mass is 32.2. The van der Waals surface area contributed by atoms with Gasteiger partial charge in [0.1, 0.15) is 0 Å². The van der Waals surface area contributed by atoms with Gasteiger partial charge in [-0.15, -0.1) is 5.10 Å². The molecule has 1 fully saturated rings. The second-order valence-electron chi connectivity index (χ2n) is 6.83. The van der Waals surface area contributed by atoms with Gasteiger partial charge in [-0.3, -0.25) is 4.79 Å². The summed E-state index contributed by atoms with van der Waals surface area (Å²) in [5.74, 6) is 0.426. The SMILES string of the molecule is CC(C)c1nnc(N2CCN(C(=O)CCS(=O)(=O)c3ccccc3)CC2)o1. The topological polar surface area (TPSA) is 96.6 Å². The van der Waals surface area contributed by atoms with Crippen LogP contribution in [0.2, 0.25) is 0 Å². The summed E-state index contributed by atoms with van der Waals surface area (Å²) in [7, 11) is -3.44. The summed E-state index contributed by atoms with van der Waals surface area (Å²) < 4.78 is 30.3. The number of carbonyl (C=O) groups excluding carboxylic acids is 1. The molecule has 1 amide bonds. The zero-order chi connectivity index (χ0) is 19.4. The Morgan fingerprint density at radius 3 is 2.37 bits per heavy atom. The molecule has 2 aromatic rings. The van der Waals surface area contributed by atoms with Crippen LogP contribution in [0.1, 0.15) is 32.1 Å². The van der Waals surface area contributed by atoms with E-state index >= 15 is 0 Å². The number of hydrogen-bond donors (Lipinski definition) is 0. The van der Waals surface area contributed by atoms with Crippen molar-refractivity contribution in [2.24, 2.45) is 0 Å². The van der Waals surface area contributed by atoms with Crippen LogP contribution in [0, 0.1) is 0 Å². The molecule has 0 atom stereocenters. The van der Waals surface area contributed by atoms with E-state index in [1.54, 1.807) is 35.2 Å². The van der Waals surface area contributed by atoms with E-state index in [4.69, 9.17) is 4.42 Å². The first-order valence-electron chi connectivity index (χ1n) is 9.01. The van der Waals surface area contributed by atoms with Gasteiger partial charge in [0.05, 0.1) is 10.6 Å². The third-order valence-corrected chi connectivity index (χ3v) is 6.25. The number of anilines is 1. The van der Waals surface area contributed by atoms with Gasteiger partial charge in [0.15, 0.2) is 9.84 Å². The smallest absolute Gasteiger partial charge is 0.318 e. The fourth-order valence-corrected chi connectivity index (χ4v) is 4.11. The Labute approximate surface area is 159 Å². The molecule has 1 saturated heterocycles. The highest BCUT2D eigenvalue weighted by Gasteiger charge is 2.26. The molecule has 0 radical (unpaired) electrons. The van der Waals surface area contributed by atoms with Gasteiger partial charge in [-0.1, -0.05) is 37.1 Å². The first-order chi connectivity index (χ1) is 12.9. The largest absolute Gasteiger partial charge is 0.408 e. The van der Waals surface area contributed by atoms with Crippen molar-refractivity contribution >= 4 is 21.8 Å². The minimum absolute atomic E-state index is 0.0186. The van der Waals surface area contributed by atoms with Crippen LogP contribution in [0.3, 0.4) is 0 Å². The van der Waals surface area contributed by atoms with Gasteiger partial charge in [0.25, 0.3) is 0 Å². The number of hydrogen-bond acceptors (Lipinski definition) is 7. The molecule has 0 bridgehead atoms. The molecular weight excluding hydrogens is 368 g/mol. The maximum Gasteiger partial charge on any atom is 0.318 e. The quantitative estimate of drug-likeness (QED) is 0.738. The summed E-state index contributed by atoms with van der Waals surface area (Å²) in [6.45, 7) is 6.13. The zero-order valence-corrected chi connectivity index (χ0v) is 16.4. The average molecular weight is 392 g/mol. The number of rotatable bonds is 6. The highest BCUT2D eigenvalue weighted by Crippen LogP contribution is 2.20. The number of carbonyl (C=O) groups is 1. The average Bonchev–Trinajstić information content (AvgIpc) is 3.18. The molecule has 0 aliphatic carbocycles. The summed E-state index contributed by atoms with van der Waals surface area (Å²) >= 11 is 0. The zero-order valence-electron chi connectivity index (χ0n) is 15.5. The lowest BCUT2D eigenvalue weighted by Crippen LogP contribution is -2.49. The molecule has 27 heavy (non-hydrogen) atoms. The normalized spacial score (nSPS) is 15.4. The number of sulfone groups is 1. The maximum atomic E-state index is 12.4. The van der Waals surface area contributed by atoms with Crippen molar-refractivity contribution in [2.45, 2.75) is 31.1 Å². The van der Waals surface area contributed by atoms with E-state index in [9.17, 15) is 13.2 Å². The third-order valence-electron chi connectivity index (χ3n) is 4.51. The molecule has 146 valence electrons. The highest BCUT2D eigenvalue weighted by molar-refractivity contribution is 7.91. The number of benzene rings is 1. The van der Waals surface area contributed by atoms with Crippen molar-refractivity contribution < 1.29 is 17.6 Å². The summed E-state index contributed by atoms with van der Waals surface area (Å²) in [5, 5.41) is 8.08. The molecule has 0 unspecified atom stereocenters. The molecule has 8 nitrogen and oxygen atoms in total. The van der Waals surface area contributed by atoms with E-state index in [1.807, 2.05) is 18.7 Å². The first kappa shape index (κ1) is 19.3. The van der Waals surface area contributed by atoms with Crippen LogP contribution >= 0.6 is 0 Å². The lowest BCUT2D eigenvalue weighted by Gasteiger charge is -2.33. The number of aromatic nitrogens is 2. The van der Waals surface area contributed by atoms with Crippen LogP contribution in [0.15, 0.2) is 39.6 Å². The Morgan fingerprint density at radius 1 is 1.11 bits per heavy atom. The molecule has 1 aromatic carbocycles. The van der Waals surface area contributed by atoms with Gasteiger partial charge in [0.2, 0.25) is 11.8 Å². The maximum absolute atomic E-state index is 12.4. The van der Waals surface area contributed by atoms with Gasteiger partial charge in [-0.05, 0) is 12.1 Å². The number of nitrogens with zero attached hydrogens (tertiary/aromatic N) is 4. The second kappa shape index (κ2) is 8.08. The standard InChI is InChI=1S/C18H24N4O4S/c1-14(2)17-19-20-18(26-17)22-11-9-21(10-12-22)16(23)8-13-27(24,25)15-6-4-3-5-7-15/h3-7,14H,8-13H2,1-2H3. The Kier molecular flexibility index (Phi) is 5.79. The van der Waals surface area contributed by atoms with Gasteiger partial charge in [-0.25, -0.2) is 8.42 Å². The van der Waals surface area contributed by atoms with Crippen molar-refractivity contribution in [3.8, 4) is 0 Å². The Balaban J connectivity index is 1.51. The first-order valence-corrected chi connectivity index (χ1v) is 10.7. The van der Waals surface area contributed by atoms with Crippen molar-refractivity contribution in [1.29, 1.82) is 0 Å². The Morgan fingerprint density at radius 2 is 1.78 bits per heavy atom. The van der Waals surface area contributed by atoms with E-state index in [0.29, 0.717) is 38.1 Å².